The van der Waals surface area contributed by atoms with Crippen molar-refractivity contribution in [3.05, 3.63) is 23.8 Å². The first kappa shape index (κ1) is 15.2. The molecule has 2 rings (SSSR count). The lowest BCUT2D eigenvalue weighted by Crippen LogP contribution is -2.28. The van der Waals surface area contributed by atoms with Crippen molar-refractivity contribution in [3.63, 3.8) is 0 Å². The molecule has 1 aromatic rings. The molecule has 3 heteroatoms. The Labute approximate surface area is 123 Å². The first-order valence-corrected chi connectivity index (χ1v) is 8.00. The van der Waals surface area contributed by atoms with Crippen molar-refractivity contribution in [2.24, 2.45) is 0 Å². The maximum Gasteiger partial charge on any atom is 0.142 e. The highest BCUT2D eigenvalue weighted by Gasteiger charge is 2.14. The van der Waals surface area contributed by atoms with Gasteiger partial charge in [-0.1, -0.05) is 25.8 Å². The highest BCUT2D eigenvalue weighted by Crippen LogP contribution is 2.30. The summed E-state index contributed by atoms with van der Waals surface area (Å²) >= 11 is 0. The van der Waals surface area contributed by atoms with Gasteiger partial charge in [-0.15, -0.1) is 0 Å². The summed E-state index contributed by atoms with van der Waals surface area (Å²) in [6, 6.07) is 6.55. The number of ether oxygens (including phenoxy) is 1. The first-order chi connectivity index (χ1) is 9.81. The van der Waals surface area contributed by atoms with Gasteiger partial charge in [-0.05, 0) is 44.0 Å². The molecule has 0 amide bonds. The number of nitrogens with zero attached hydrogens (tertiary/aromatic N) is 1. The van der Waals surface area contributed by atoms with Gasteiger partial charge in [0.2, 0.25) is 0 Å². The van der Waals surface area contributed by atoms with Gasteiger partial charge in [0.05, 0.1) is 12.3 Å². The third-order valence-electron chi connectivity index (χ3n) is 3.80. The Morgan fingerprint density at radius 2 is 2.10 bits per heavy atom. The number of aryl methyl sites for hydroxylation is 1. The Hall–Kier alpha value is -1.22. The average Bonchev–Trinajstić information content (AvgIpc) is 2.74. The van der Waals surface area contributed by atoms with Crippen LogP contribution in [0.25, 0.3) is 0 Å². The van der Waals surface area contributed by atoms with Gasteiger partial charge in [-0.2, -0.15) is 0 Å². The van der Waals surface area contributed by atoms with Crippen LogP contribution in [-0.4, -0.2) is 32.8 Å². The molecule has 1 saturated heterocycles. The summed E-state index contributed by atoms with van der Waals surface area (Å²) in [4.78, 5) is 2.46. The molecule has 112 valence electrons. The van der Waals surface area contributed by atoms with Crippen LogP contribution in [-0.2, 0) is 0 Å². The first-order valence-electron chi connectivity index (χ1n) is 8.00. The van der Waals surface area contributed by atoms with Crippen molar-refractivity contribution in [3.8, 4) is 5.75 Å². The van der Waals surface area contributed by atoms with E-state index >= 15 is 0 Å². The lowest BCUT2D eigenvalue weighted by atomic mass is 10.2. The lowest BCUT2D eigenvalue weighted by molar-refractivity contribution is 0.306. The van der Waals surface area contributed by atoms with E-state index in [2.05, 4.69) is 42.3 Å². The van der Waals surface area contributed by atoms with Gasteiger partial charge < -0.3 is 15.0 Å². The molecule has 1 heterocycles. The van der Waals surface area contributed by atoms with E-state index in [0.717, 1.165) is 45.0 Å². The average molecular weight is 276 g/mol. The normalized spacial score (nSPS) is 16.0. The van der Waals surface area contributed by atoms with E-state index in [9.17, 15) is 0 Å². The van der Waals surface area contributed by atoms with Gasteiger partial charge in [0.1, 0.15) is 5.75 Å². The van der Waals surface area contributed by atoms with E-state index in [4.69, 9.17) is 4.74 Å². The van der Waals surface area contributed by atoms with Crippen LogP contribution in [0.15, 0.2) is 18.2 Å². The zero-order valence-corrected chi connectivity index (χ0v) is 13.0. The van der Waals surface area contributed by atoms with Crippen LogP contribution in [0.1, 0.15) is 38.2 Å². The van der Waals surface area contributed by atoms with Crippen molar-refractivity contribution in [2.45, 2.75) is 39.5 Å². The number of nitrogens with one attached hydrogen (secondary N) is 1. The maximum absolute atomic E-state index is 6.03. The van der Waals surface area contributed by atoms with Crippen LogP contribution in [0.3, 0.4) is 0 Å². The molecule has 3 nitrogen and oxygen atoms in total. The fourth-order valence-electron chi connectivity index (χ4n) is 2.62. The molecule has 0 spiro atoms. The highest BCUT2D eigenvalue weighted by atomic mass is 16.5. The van der Waals surface area contributed by atoms with Crippen molar-refractivity contribution in [1.82, 2.24) is 5.32 Å². The van der Waals surface area contributed by atoms with Crippen LogP contribution in [0.4, 0.5) is 5.69 Å². The van der Waals surface area contributed by atoms with Gasteiger partial charge in [0.15, 0.2) is 0 Å². The molecule has 0 unspecified atom stereocenters. The van der Waals surface area contributed by atoms with Crippen LogP contribution >= 0.6 is 0 Å². The lowest BCUT2D eigenvalue weighted by Gasteiger charge is -2.25. The second kappa shape index (κ2) is 8.15. The number of hydrogen-bond donors (Lipinski definition) is 1. The highest BCUT2D eigenvalue weighted by molar-refractivity contribution is 5.60. The summed E-state index contributed by atoms with van der Waals surface area (Å²) in [6.45, 7) is 9.56. The van der Waals surface area contributed by atoms with Gasteiger partial charge in [0.25, 0.3) is 0 Å². The monoisotopic (exact) mass is 276 g/mol. The molecule has 1 aliphatic rings. The number of benzene rings is 1. The van der Waals surface area contributed by atoms with E-state index in [1.165, 1.54) is 30.5 Å². The second-order valence-electron chi connectivity index (χ2n) is 5.62. The quantitative estimate of drug-likeness (QED) is 0.806. The summed E-state index contributed by atoms with van der Waals surface area (Å²) in [7, 11) is 0. The van der Waals surface area contributed by atoms with E-state index in [1.807, 2.05) is 0 Å². The zero-order valence-electron chi connectivity index (χ0n) is 13.0. The molecular weight excluding hydrogens is 248 g/mol. The smallest absolute Gasteiger partial charge is 0.142 e. The van der Waals surface area contributed by atoms with Crippen LogP contribution in [0.2, 0.25) is 0 Å². The number of anilines is 1. The molecule has 1 fully saturated rings. The van der Waals surface area contributed by atoms with E-state index in [1.54, 1.807) is 0 Å². The van der Waals surface area contributed by atoms with Gasteiger partial charge in [-0.25, -0.2) is 0 Å². The van der Waals surface area contributed by atoms with Crippen molar-refractivity contribution in [1.29, 1.82) is 0 Å². The second-order valence-corrected chi connectivity index (χ2v) is 5.62. The molecule has 1 aliphatic heterocycles. The molecule has 0 aliphatic carbocycles. The standard InChI is InChI=1S/C17H28N2O/c1-3-4-5-13-20-17-8-7-15(2)14-16(17)19-11-6-9-18-10-12-19/h7-8,14,18H,3-6,9-13H2,1-2H3. The number of rotatable bonds is 6. The molecule has 0 radical (unpaired) electrons. The van der Waals surface area contributed by atoms with E-state index in [0.29, 0.717) is 0 Å². The molecule has 1 aromatic carbocycles. The van der Waals surface area contributed by atoms with Crippen molar-refractivity contribution in [2.75, 3.05) is 37.7 Å². The molecule has 0 saturated carbocycles. The predicted molar refractivity (Wildman–Crippen MR) is 85.9 cm³/mol. The topological polar surface area (TPSA) is 24.5 Å². The largest absolute Gasteiger partial charge is 0.491 e. The van der Waals surface area contributed by atoms with Crippen LogP contribution in [0, 0.1) is 6.92 Å². The predicted octanol–water partition coefficient (Wildman–Crippen LogP) is 3.36. The summed E-state index contributed by atoms with van der Waals surface area (Å²) in [5, 5.41) is 3.46. The SMILES string of the molecule is CCCCCOc1ccc(C)cc1N1CCCNCC1. The third kappa shape index (κ3) is 4.41. The molecule has 0 bridgehead atoms. The minimum atomic E-state index is 0.829. The Morgan fingerprint density at radius 3 is 2.95 bits per heavy atom. The third-order valence-corrected chi connectivity index (χ3v) is 3.80. The Balaban J connectivity index is 2.06. The Bertz CT molecular complexity index is 398. The molecule has 20 heavy (non-hydrogen) atoms. The molecule has 1 N–H and O–H groups in total. The van der Waals surface area contributed by atoms with Crippen molar-refractivity contribution < 1.29 is 4.74 Å². The van der Waals surface area contributed by atoms with E-state index in [-0.39, 0.29) is 0 Å². The minimum Gasteiger partial charge on any atom is -0.491 e. The summed E-state index contributed by atoms with van der Waals surface area (Å²) in [5.74, 6) is 1.05. The van der Waals surface area contributed by atoms with Crippen LogP contribution in [0.5, 0.6) is 5.75 Å². The summed E-state index contributed by atoms with van der Waals surface area (Å²) in [5.41, 5.74) is 2.57. The maximum atomic E-state index is 6.03. The zero-order chi connectivity index (χ0) is 14.2. The molecule has 0 aromatic heterocycles. The number of hydrogen-bond acceptors (Lipinski definition) is 3. The Kier molecular flexibility index (Phi) is 6.19. The molecular formula is C17H28N2O. The van der Waals surface area contributed by atoms with E-state index < -0.39 is 0 Å². The number of unbranched alkanes of at least 4 members (excludes halogenated alkanes) is 2. The Morgan fingerprint density at radius 1 is 1.20 bits per heavy atom. The molecule has 0 atom stereocenters. The van der Waals surface area contributed by atoms with Crippen molar-refractivity contribution >= 4 is 5.69 Å². The van der Waals surface area contributed by atoms with Crippen LogP contribution < -0.4 is 15.0 Å². The fraction of sp³-hybridized carbons (Fsp3) is 0.647. The van der Waals surface area contributed by atoms with Gasteiger partial charge in [-0.3, -0.25) is 0 Å². The van der Waals surface area contributed by atoms with Gasteiger partial charge >= 0.3 is 0 Å². The fourth-order valence-corrected chi connectivity index (χ4v) is 2.62. The minimum absolute atomic E-state index is 0.829. The summed E-state index contributed by atoms with van der Waals surface area (Å²) < 4.78 is 6.03. The van der Waals surface area contributed by atoms with Gasteiger partial charge in [0, 0.05) is 19.6 Å². The summed E-state index contributed by atoms with van der Waals surface area (Å²) in [6.07, 6.45) is 4.82.